The summed E-state index contributed by atoms with van der Waals surface area (Å²) >= 11 is 1.64. The Labute approximate surface area is 198 Å². The van der Waals surface area contributed by atoms with Crippen molar-refractivity contribution < 1.29 is 14.3 Å². The van der Waals surface area contributed by atoms with Gasteiger partial charge in [-0.15, -0.1) is 11.3 Å². The average molecular weight is 467 g/mol. The van der Waals surface area contributed by atoms with Gasteiger partial charge in [0.15, 0.2) is 0 Å². The second-order valence-corrected chi connectivity index (χ2v) is 9.77. The second kappa shape index (κ2) is 10.4. The number of aryl methyl sites for hydroxylation is 1. The Balaban J connectivity index is 1.58. The maximum atomic E-state index is 13.1. The van der Waals surface area contributed by atoms with Crippen LogP contribution in [0.2, 0.25) is 0 Å². The summed E-state index contributed by atoms with van der Waals surface area (Å²) in [5.41, 5.74) is 2.93. The molecule has 1 saturated heterocycles. The number of carbonyl (C=O) groups excluding carboxylic acids is 1. The number of rotatable bonds is 8. The van der Waals surface area contributed by atoms with E-state index in [-0.39, 0.29) is 18.1 Å². The number of benzene rings is 1. The van der Waals surface area contributed by atoms with Crippen LogP contribution in [0.4, 0.5) is 0 Å². The van der Waals surface area contributed by atoms with E-state index in [0.29, 0.717) is 29.5 Å². The largest absolute Gasteiger partial charge is 0.491 e. The Kier molecular flexibility index (Phi) is 7.35. The van der Waals surface area contributed by atoms with Gasteiger partial charge < -0.3 is 14.8 Å². The molecule has 0 spiro atoms. The van der Waals surface area contributed by atoms with Crippen molar-refractivity contribution in [2.75, 3.05) is 13.2 Å². The molecule has 3 aromatic rings. The molecule has 8 heteroatoms. The molecule has 3 heterocycles. The zero-order valence-corrected chi connectivity index (χ0v) is 20.3. The van der Waals surface area contributed by atoms with E-state index < -0.39 is 0 Å². The summed E-state index contributed by atoms with van der Waals surface area (Å²) in [5, 5.41) is 12.2. The van der Waals surface area contributed by atoms with E-state index >= 15 is 0 Å². The van der Waals surface area contributed by atoms with E-state index in [2.05, 4.69) is 34.3 Å². The molecule has 2 atom stereocenters. The van der Waals surface area contributed by atoms with Crippen molar-refractivity contribution in [2.24, 2.45) is 0 Å². The van der Waals surface area contributed by atoms with Crippen LogP contribution < -0.4 is 10.1 Å². The normalized spacial score (nSPS) is 16.7. The van der Waals surface area contributed by atoms with Gasteiger partial charge in [-0.2, -0.15) is 10.2 Å². The van der Waals surface area contributed by atoms with Gasteiger partial charge in [0.2, 0.25) is 0 Å². The molecule has 0 saturated carbocycles. The van der Waals surface area contributed by atoms with E-state index in [0.717, 1.165) is 35.7 Å². The number of nitrogens with zero attached hydrogens (tertiary/aromatic N) is 3. The highest BCUT2D eigenvalue weighted by Crippen LogP contribution is 2.32. The SMILES string of the molecule is Cc1ccc(C(C)NC(=O)c2cc(OC[C@@H]3CCCO3)cc(-c3ncc(C(C)C)s3)c2)nn1. The molecule has 1 unspecified atom stereocenters. The van der Waals surface area contributed by atoms with Crippen molar-refractivity contribution in [1.29, 1.82) is 0 Å². The zero-order valence-electron chi connectivity index (χ0n) is 19.5. The van der Waals surface area contributed by atoms with Gasteiger partial charge in [-0.25, -0.2) is 4.98 Å². The number of amides is 1. The molecule has 174 valence electrons. The Morgan fingerprint density at radius 3 is 2.76 bits per heavy atom. The number of hydrogen-bond acceptors (Lipinski definition) is 7. The highest BCUT2D eigenvalue weighted by atomic mass is 32.1. The third kappa shape index (κ3) is 5.94. The lowest BCUT2D eigenvalue weighted by molar-refractivity contribution is 0.0679. The molecule has 4 rings (SSSR count). The summed E-state index contributed by atoms with van der Waals surface area (Å²) < 4.78 is 11.7. The summed E-state index contributed by atoms with van der Waals surface area (Å²) in [4.78, 5) is 18.9. The standard InChI is InChI=1S/C25H30N4O3S/c1-15(2)23-13-26-25(33-23)19-10-18(11-21(12-19)32-14-20-6-5-9-31-20)24(30)27-17(4)22-8-7-16(3)28-29-22/h7-8,10-13,15,17,20H,5-6,9,14H2,1-4H3,(H,27,30)/t17?,20-/m0/s1. The molecular weight excluding hydrogens is 436 g/mol. The maximum absolute atomic E-state index is 13.1. The van der Waals surface area contributed by atoms with Crippen molar-refractivity contribution >= 4 is 17.2 Å². The lowest BCUT2D eigenvalue weighted by atomic mass is 10.1. The fourth-order valence-corrected chi connectivity index (χ4v) is 4.49. The molecule has 7 nitrogen and oxygen atoms in total. The van der Waals surface area contributed by atoms with Crippen LogP contribution in [-0.4, -0.2) is 40.4 Å². The first-order valence-electron chi connectivity index (χ1n) is 11.4. The van der Waals surface area contributed by atoms with Crippen LogP contribution in [0.1, 0.15) is 72.2 Å². The number of nitrogens with one attached hydrogen (secondary N) is 1. The molecule has 0 aliphatic carbocycles. The van der Waals surface area contributed by atoms with E-state index in [1.54, 1.807) is 17.4 Å². The number of ether oxygens (including phenoxy) is 2. The third-order valence-electron chi connectivity index (χ3n) is 5.58. The van der Waals surface area contributed by atoms with Crippen LogP contribution in [0.5, 0.6) is 5.75 Å². The van der Waals surface area contributed by atoms with Crippen LogP contribution in [-0.2, 0) is 4.74 Å². The van der Waals surface area contributed by atoms with Gasteiger partial charge in [0, 0.05) is 28.8 Å². The average Bonchev–Trinajstić information content (AvgIpc) is 3.50. The van der Waals surface area contributed by atoms with Gasteiger partial charge in [0.1, 0.15) is 17.4 Å². The van der Waals surface area contributed by atoms with E-state index in [1.165, 1.54) is 4.88 Å². The first-order chi connectivity index (χ1) is 15.9. The third-order valence-corrected chi connectivity index (χ3v) is 6.92. The minimum Gasteiger partial charge on any atom is -0.491 e. The van der Waals surface area contributed by atoms with Gasteiger partial charge in [-0.05, 0) is 62.9 Å². The summed E-state index contributed by atoms with van der Waals surface area (Å²) in [5.74, 6) is 0.834. The van der Waals surface area contributed by atoms with E-state index in [4.69, 9.17) is 9.47 Å². The summed E-state index contributed by atoms with van der Waals surface area (Å²) in [6.45, 7) is 9.31. The Hall–Kier alpha value is -2.84. The topological polar surface area (TPSA) is 86.2 Å². The summed E-state index contributed by atoms with van der Waals surface area (Å²) in [6.07, 6.45) is 4.05. The Bertz CT molecular complexity index is 1090. The van der Waals surface area contributed by atoms with Gasteiger partial charge in [0.25, 0.3) is 5.91 Å². The number of carbonyl (C=O) groups is 1. The van der Waals surface area contributed by atoms with Crippen LogP contribution in [0.15, 0.2) is 36.5 Å². The van der Waals surface area contributed by atoms with Crippen LogP contribution >= 0.6 is 11.3 Å². The smallest absolute Gasteiger partial charge is 0.251 e. The van der Waals surface area contributed by atoms with Crippen molar-refractivity contribution in [2.45, 2.75) is 58.6 Å². The van der Waals surface area contributed by atoms with Crippen LogP contribution in [0, 0.1) is 6.92 Å². The summed E-state index contributed by atoms with van der Waals surface area (Å²) in [6, 6.07) is 9.07. The van der Waals surface area contributed by atoms with Gasteiger partial charge in [-0.1, -0.05) is 13.8 Å². The monoisotopic (exact) mass is 466 g/mol. The predicted molar refractivity (Wildman–Crippen MR) is 129 cm³/mol. The Morgan fingerprint density at radius 2 is 2.09 bits per heavy atom. The summed E-state index contributed by atoms with van der Waals surface area (Å²) in [7, 11) is 0. The lowest BCUT2D eigenvalue weighted by Gasteiger charge is -2.16. The highest BCUT2D eigenvalue weighted by Gasteiger charge is 2.19. The molecule has 1 aliphatic heterocycles. The quantitative estimate of drug-likeness (QED) is 0.498. The molecule has 0 bridgehead atoms. The molecule has 1 N–H and O–H groups in total. The second-order valence-electron chi connectivity index (χ2n) is 8.71. The zero-order chi connectivity index (χ0) is 23.4. The van der Waals surface area contributed by atoms with E-state index in [9.17, 15) is 4.79 Å². The first kappa shape index (κ1) is 23.3. The van der Waals surface area contributed by atoms with Gasteiger partial charge in [-0.3, -0.25) is 4.79 Å². The molecule has 1 fully saturated rings. The minimum absolute atomic E-state index is 0.0958. The van der Waals surface area contributed by atoms with Crippen molar-refractivity contribution in [3.05, 3.63) is 58.4 Å². The molecule has 2 aromatic heterocycles. The number of thiazole rings is 1. The lowest BCUT2D eigenvalue weighted by Crippen LogP contribution is -2.27. The molecule has 1 aliphatic rings. The predicted octanol–water partition coefficient (Wildman–Crippen LogP) is 5.08. The number of aromatic nitrogens is 3. The maximum Gasteiger partial charge on any atom is 0.251 e. The fraction of sp³-hybridized carbons (Fsp3) is 0.440. The molecular formula is C25H30N4O3S. The number of hydrogen-bond donors (Lipinski definition) is 1. The molecule has 33 heavy (non-hydrogen) atoms. The van der Waals surface area contributed by atoms with E-state index in [1.807, 2.05) is 44.3 Å². The fourth-order valence-electron chi connectivity index (χ4n) is 3.58. The van der Waals surface area contributed by atoms with Gasteiger partial charge >= 0.3 is 0 Å². The van der Waals surface area contributed by atoms with Crippen molar-refractivity contribution in [1.82, 2.24) is 20.5 Å². The molecule has 1 amide bonds. The first-order valence-corrected chi connectivity index (χ1v) is 12.2. The molecule has 1 aromatic carbocycles. The highest BCUT2D eigenvalue weighted by molar-refractivity contribution is 7.15. The van der Waals surface area contributed by atoms with Crippen molar-refractivity contribution in [3.8, 4) is 16.3 Å². The van der Waals surface area contributed by atoms with Crippen molar-refractivity contribution in [3.63, 3.8) is 0 Å². The van der Waals surface area contributed by atoms with Crippen LogP contribution in [0.3, 0.4) is 0 Å². The molecule has 0 radical (unpaired) electrons. The van der Waals surface area contributed by atoms with Gasteiger partial charge in [0.05, 0.1) is 23.5 Å². The minimum atomic E-state index is -0.280. The Morgan fingerprint density at radius 1 is 1.24 bits per heavy atom. The van der Waals surface area contributed by atoms with Crippen LogP contribution in [0.25, 0.3) is 10.6 Å².